The molecule has 100 valence electrons. The lowest BCUT2D eigenvalue weighted by molar-refractivity contribution is 0.338. The average Bonchev–Trinajstić information content (AvgIpc) is 2.86. The molecular weight excluding hydrogens is 244 g/mol. The number of nitrogens with two attached hydrogens (primary N) is 1. The van der Waals surface area contributed by atoms with Crippen molar-refractivity contribution in [3.8, 4) is 0 Å². The molecule has 1 aliphatic heterocycles. The van der Waals surface area contributed by atoms with Crippen LogP contribution in [0, 0.1) is 0 Å². The molecule has 0 bridgehead atoms. The Bertz CT molecular complexity index is 405. The predicted octanol–water partition coefficient (Wildman–Crippen LogP) is 2.57. The maximum absolute atomic E-state index is 6.02. The van der Waals surface area contributed by atoms with E-state index >= 15 is 0 Å². The fourth-order valence-electron chi connectivity index (χ4n) is 2.03. The van der Waals surface area contributed by atoms with Gasteiger partial charge < -0.3 is 10.6 Å². The van der Waals surface area contributed by atoms with Gasteiger partial charge in [0.2, 0.25) is 0 Å². The van der Waals surface area contributed by atoms with E-state index < -0.39 is 0 Å². The zero-order valence-corrected chi connectivity index (χ0v) is 12.0. The van der Waals surface area contributed by atoms with E-state index in [1.54, 1.807) is 11.3 Å². The summed E-state index contributed by atoms with van der Waals surface area (Å²) in [4.78, 5) is 11.2. The van der Waals surface area contributed by atoms with Crippen molar-refractivity contribution >= 4 is 17.3 Å². The first-order chi connectivity index (χ1) is 8.66. The summed E-state index contributed by atoms with van der Waals surface area (Å²) in [6.07, 6.45) is 3.77. The van der Waals surface area contributed by atoms with Crippen LogP contribution in [0.2, 0.25) is 0 Å². The standard InChI is InChI=1S/C13H22N4S/c1-10(2)11-9-18-12(16-11)8-15-13(14)17-6-4-3-5-7-17/h9-10H,3-8H2,1-2H3,(H2,14,15). The molecule has 0 aromatic carbocycles. The quantitative estimate of drug-likeness (QED) is 0.676. The molecular formula is C13H22N4S. The second-order valence-corrected chi connectivity index (χ2v) is 5.99. The van der Waals surface area contributed by atoms with Gasteiger partial charge in [-0.25, -0.2) is 9.98 Å². The molecule has 0 aliphatic carbocycles. The molecule has 0 radical (unpaired) electrons. The van der Waals surface area contributed by atoms with Crippen molar-refractivity contribution < 1.29 is 0 Å². The van der Waals surface area contributed by atoms with Crippen molar-refractivity contribution in [2.45, 2.75) is 45.6 Å². The van der Waals surface area contributed by atoms with Gasteiger partial charge in [-0.1, -0.05) is 13.8 Å². The predicted molar refractivity (Wildman–Crippen MR) is 77.0 cm³/mol. The molecule has 18 heavy (non-hydrogen) atoms. The van der Waals surface area contributed by atoms with Crippen LogP contribution in [0.5, 0.6) is 0 Å². The van der Waals surface area contributed by atoms with Crippen LogP contribution in [0.25, 0.3) is 0 Å². The summed E-state index contributed by atoms with van der Waals surface area (Å²) in [7, 11) is 0. The first-order valence-electron chi connectivity index (χ1n) is 6.66. The maximum atomic E-state index is 6.02. The molecule has 1 fully saturated rings. The smallest absolute Gasteiger partial charge is 0.191 e. The highest BCUT2D eigenvalue weighted by Crippen LogP contribution is 2.18. The number of likely N-dealkylation sites (tertiary alicyclic amines) is 1. The Morgan fingerprint density at radius 1 is 1.44 bits per heavy atom. The summed E-state index contributed by atoms with van der Waals surface area (Å²) < 4.78 is 0. The molecule has 0 unspecified atom stereocenters. The molecule has 2 N–H and O–H groups in total. The second-order valence-electron chi connectivity index (χ2n) is 5.04. The summed E-state index contributed by atoms with van der Waals surface area (Å²) >= 11 is 1.67. The lowest BCUT2D eigenvalue weighted by Gasteiger charge is -2.27. The van der Waals surface area contributed by atoms with E-state index in [1.165, 1.54) is 19.3 Å². The first kappa shape index (κ1) is 13.3. The Labute approximate surface area is 113 Å². The van der Waals surface area contributed by atoms with E-state index in [-0.39, 0.29) is 0 Å². The monoisotopic (exact) mass is 266 g/mol. The number of rotatable bonds is 3. The highest BCUT2D eigenvalue weighted by molar-refractivity contribution is 7.09. The summed E-state index contributed by atoms with van der Waals surface area (Å²) in [6.45, 7) is 7.02. The lowest BCUT2D eigenvalue weighted by Crippen LogP contribution is -2.40. The largest absolute Gasteiger partial charge is 0.370 e. The molecule has 2 rings (SSSR count). The fraction of sp³-hybridized carbons (Fsp3) is 0.692. The summed E-state index contributed by atoms with van der Waals surface area (Å²) in [5.41, 5.74) is 7.17. The molecule has 5 heteroatoms. The van der Waals surface area contributed by atoms with E-state index in [0.29, 0.717) is 18.4 Å². The summed E-state index contributed by atoms with van der Waals surface area (Å²) in [5, 5.41) is 3.17. The number of aliphatic imine (C=N–C) groups is 1. The van der Waals surface area contributed by atoms with Crippen LogP contribution >= 0.6 is 11.3 Å². The maximum Gasteiger partial charge on any atom is 0.191 e. The van der Waals surface area contributed by atoms with Crippen LogP contribution in [0.3, 0.4) is 0 Å². The van der Waals surface area contributed by atoms with Gasteiger partial charge in [0.05, 0.1) is 12.2 Å². The van der Waals surface area contributed by atoms with Crippen molar-refractivity contribution in [2.75, 3.05) is 13.1 Å². The third kappa shape index (κ3) is 3.45. The van der Waals surface area contributed by atoms with E-state index in [4.69, 9.17) is 5.73 Å². The topological polar surface area (TPSA) is 54.5 Å². The SMILES string of the molecule is CC(C)c1csc(CN=C(N)N2CCCCC2)n1. The van der Waals surface area contributed by atoms with Crippen LogP contribution in [0.4, 0.5) is 0 Å². The number of guanidine groups is 1. The lowest BCUT2D eigenvalue weighted by atomic mass is 10.1. The molecule has 1 aliphatic rings. The Balaban J connectivity index is 1.91. The molecule has 1 aromatic rings. The number of nitrogens with zero attached hydrogens (tertiary/aromatic N) is 3. The molecule has 1 aromatic heterocycles. The molecule has 2 heterocycles. The molecule has 0 spiro atoms. The zero-order chi connectivity index (χ0) is 13.0. The van der Waals surface area contributed by atoms with Gasteiger partial charge in [-0.3, -0.25) is 0 Å². The number of piperidine rings is 1. The highest BCUT2D eigenvalue weighted by Gasteiger charge is 2.12. The van der Waals surface area contributed by atoms with Gasteiger partial charge in [0.1, 0.15) is 5.01 Å². The van der Waals surface area contributed by atoms with Gasteiger partial charge in [-0.05, 0) is 25.2 Å². The molecule has 0 saturated carbocycles. The van der Waals surface area contributed by atoms with Crippen LogP contribution in [-0.2, 0) is 6.54 Å². The number of thiazole rings is 1. The van der Waals surface area contributed by atoms with Crippen molar-refractivity contribution in [1.29, 1.82) is 0 Å². The number of aromatic nitrogens is 1. The second kappa shape index (κ2) is 6.18. The van der Waals surface area contributed by atoms with Gasteiger partial charge >= 0.3 is 0 Å². The van der Waals surface area contributed by atoms with Gasteiger partial charge in [0, 0.05) is 18.5 Å². The van der Waals surface area contributed by atoms with Crippen molar-refractivity contribution in [3.05, 3.63) is 16.1 Å². The van der Waals surface area contributed by atoms with E-state index in [0.717, 1.165) is 23.8 Å². The van der Waals surface area contributed by atoms with Crippen LogP contribution in [-0.4, -0.2) is 28.9 Å². The van der Waals surface area contributed by atoms with E-state index in [2.05, 4.69) is 34.1 Å². The minimum absolute atomic E-state index is 0.485. The van der Waals surface area contributed by atoms with Crippen molar-refractivity contribution in [1.82, 2.24) is 9.88 Å². The molecule has 1 saturated heterocycles. The first-order valence-corrected chi connectivity index (χ1v) is 7.54. The Morgan fingerprint density at radius 2 is 2.17 bits per heavy atom. The fourth-order valence-corrected chi connectivity index (χ4v) is 2.91. The molecule has 0 atom stereocenters. The third-order valence-corrected chi connectivity index (χ3v) is 4.07. The highest BCUT2D eigenvalue weighted by atomic mass is 32.1. The van der Waals surface area contributed by atoms with E-state index in [1.807, 2.05) is 0 Å². The molecule has 0 amide bonds. The van der Waals surface area contributed by atoms with Crippen molar-refractivity contribution in [2.24, 2.45) is 10.7 Å². The van der Waals surface area contributed by atoms with Gasteiger partial charge in [0.25, 0.3) is 0 Å². The van der Waals surface area contributed by atoms with Crippen LogP contribution in [0.1, 0.15) is 49.7 Å². The van der Waals surface area contributed by atoms with Crippen molar-refractivity contribution in [3.63, 3.8) is 0 Å². The average molecular weight is 266 g/mol. The van der Waals surface area contributed by atoms with Gasteiger partial charge in [-0.2, -0.15) is 0 Å². The Morgan fingerprint density at radius 3 is 2.78 bits per heavy atom. The van der Waals surface area contributed by atoms with Gasteiger partial charge in [0.15, 0.2) is 5.96 Å². The zero-order valence-electron chi connectivity index (χ0n) is 11.2. The number of hydrogen-bond acceptors (Lipinski definition) is 3. The van der Waals surface area contributed by atoms with Crippen LogP contribution in [0.15, 0.2) is 10.4 Å². The van der Waals surface area contributed by atoms with Gasteiger partial charge in [-0.15, -0.1) is 11.3 Å². The third-order valence-electron chi connectivity index (χ3n) is 3.22. The summed E-state index contributed by atoms with van der Waals surface area (Å²) in [6, 6.07) is 0. The number of hydrogen-bond donors (Lipinski definition) is 1. The molecule has 4 nitrogen and oxygen atoms in total. The Kier molecular flexibility index (Phi) is 4.58. The normalized spacial score (nSPS) is 17.5. The van der Waals surface area contributed by atoms with Crippen LogP contribution < -0.4 is 5.73 Å². The minimum atomic E-state index is 0.485. The minimum Gasteiger partial charge on any atom is -0.370 e. The van der Waals surface area contributed by atoms with E-state index in [9.17, 15) is 0 Å². The Hall–Kier alpha value is -1.10. The summed E-state index contributed by atoms with van der Waals surface area (Å²) in [5.74, 6) is 1.16.